The van der Waals surface area contributed by atoms with E-state index in [2.05, 4.69) is 37.4 Å². The lowest BCUT2D eigenvalue weighted by atomic mass is 9.92. The summed E-state index contributed by atoms with van der Waals surface area (Å²) in [4.78, 5) is 4.73. The maximum absolute atomic E-state index is 5.88. The van der Waals surface area contributed by atoms with Gasteiger partial charge in [0.05, 0.1) is 5.52 Å². The summed E-state index contributed by atoms with van der Waals surface area (Å²) in [5, 5.41) is 4.76. The molecule has 1 fully saturated rings. The summed E-state index contributed by atoms with van der Waals surface area (Å²) in [7, 11) is 0. The fourth-order valence-electron chi connectivity index (χ4n) is 3.26. The number of aromatic nitrogens is 1. The molecular weight excluding hydrogens is 246 g/mol. The summed E-state index contributed by atoms with van der Waals surface area (Å²) >= 11 is 0. The molecule has 0 aliphatic heterocycles. The first-order valence-electron chi connectivity index (χ1n) is 7.43. The molecule has 2 aromatic rings. The van der Waals surface area contributed by atoms with E-state index in [0.29, 0.717) is 18.0 Å². The van der Waals surface area contributed by atoms with E-state index in [4.69, 9.17) is 10.7 Å². The van der Waals surface area contributed by atoms with Crippen LogP contribution in [0.5, 0.6) is 0 Å². The first-order chi connectivity index (χ1) is 9.57. The fraction of sp³-hybridized carbons (Fsp3) is 0.471. The molecule has 3 nitrogen and oxygen atoms in total. The molecule has 1 atom stereocenters. The van der Waals surface area contributed by atoms with Crippen molar-refractivity contribution in [1.29, 1.82) is 0 Å². The first kappa shape index (κ1) is 13.4. The van der Waals surface area contributed by atoms with Crippen LogP contribution >= 0.6 is 0 Å². The predicted molar refractivity (Wildman–Crippen MR) is 84.7 cm³/mol. The quantitative estimate of drug-likeness (QED) is 0.893. The molecule has 1 saturated carbocycles. The highest BCUT2D eigenvalue weighted by Crippen LogP contribution is 2.38. The van der Waals surface area contributed by atoms with Crippen molar-refractivity contribution in [3.63, 3.8) is 0 Å². The number of anilines is 1. The number of pyridine rings is 1. The summed E-state index contributed by atoms with van der Waals surface area (Å²) < 4.78 is 0. The van der Waals surface area contributed by atoms with Crippen molar-refractivity contribution in [3.8, 4) is 0 Å². The molecule has 0 radical (unpaired) electrons. The van der Waals surface area contributed by atoms with Gasteiger partial charge < -0.3 is 11.1 Å². The van der Waals surface area contributed by atoms with E-state index in [0.717, 1.165) is 22.3 Å². The topological polar surface area (TPSA) is 50.9 Å². The van der Waals surface area contributed by atoms with Crippen molar-refractivity contribution in [2.75, 3.05) is 5.32 Å². The van der Waals surface area contributed by atoms with E-state index in [1.54, 1.807) is 0 Å². The van der Waals surface area contributed by atoms with Gasteiger partial charge in [-0.05, 0) is 42.4 Å². The number of hydrogen-bond donors (Lipinski definition) is 2. The molecule has 20 heavy (non-hydrogen) atoms. The van der Waals surface area contributed by atoms with Crippen LogP contribution in [0, 0.1) is 5.41 Å². The SMILES string of the molecule is CC1(C)CCC(Nc2cc(CN)c3ccccc3n2)C1. The van der Waals surface area contributed by atoms with E-state index in [1.165, 1.54) is 19.3 Å². The maximum atomic E-state index is 5.88. The summed E-state index contributed by atoms with van der Waals surface area (Å²) in [6.45, 7) is 5.23. The zero-order chi connectivity index (χ0) is 14.2. The van der Waals surface area contributed by atoms with Gasteiger partial charge in [0.1, 0.15) is 5.82 Å². The number of nitrogens with one attached hydrogen (secondary N) is 1. The monoisotopic (exact) mass is 269 g/mol. The Morgan fingerprint density at radius 1 is 1.35 bits per heavy atom. The largest absolute Gasteiger partial charge is 0.367 e. The normalized spacial score (nSPS) is 21.2. The van der Waals surface area contributed by atoms with Crippen LogP contribution in [0.3, 0.4) is 0 Å². The Balaban J connectivity index is 1.89. The molecule has 106 valence electrons. The molecule has 0 amide bonds. The Kier molecular flexibility index (Phi) is 3.38. The number of benzene rings is 1. The second-order valence-electron chi connectivity index (χ2n) is 6.64. The van der Waals surface area contributed by atoms with Crippen LogP contribution in [0.25, 0.3) is 10.9 Å². The van der Waals surface area contributed by atoms with Gasteiger partial charge in [-0.1, -0.05) is 32.0 Å². The van der Waals surface area contributed by atoms with Crippen LogP contribution in [0.15, 0.2) is 30.3 Å². The van der Waals surface area contributed by atoms with E-state index in [-0.39, 0.29) is 0 Å². The van der Waals surface area contributed by atoms with Gasteiger partial charge in [-0.2, -0.15) is 0 Å². The standard InChI is InChI=1S/C17H23N3/c1-17(2)8-7-13(10-17)19-16-9-12(11-18)14-5-3-4-6-15(14)20-16/h3-6,9,13H,7-8,10-11,18H2,1-2H3,(H,19,20). The average Bonchev–Trinajstić information content (AvgIpc) is 2.77. The van der Waals surface area contributed by atoms with Crippen molar-refractivity contribution >= 4 is 16.7 Å². The van der Waals surface area contributed by atoms with Crippen LogP contribution in [-0.4, -0.2) is 11.0 Å². The molecule has 3 rings (SSSR count). The Bertz CT molecular complexity index is 619. The molecule has 1 unspecified atom stereocenters. The van der Waals surface area contributed by atoms with Gasteiger partial charge in [-0.15, -0.1) is 0 Å². The fourth-order valence-corrected chi connectivity index (χ4v) is 3.26. The highest BCUT2D eigenvalue weighted by Gasteiger charge is 2.30. The molecule has 0 saturated heterocycles. The molecule has 0 spiro atoms. The first-order valence-corrected chi connectivity index (χ1v) is 7.43. The number of nitrogens with zero attached hydrogens (tertiary/aromatic N) is 1. The van der Waals surface area contributed by atoms with Crippen molar-refractivity contribution in [2.24, 2.45) is 11.1 Å². The smallest absolute Gasteiger partial charge is 0.127 e. The van der Waals surface area contributed by atoms with Crippen molar-refractivity contribution in [1.82, 2.24) is 4.98 Å². The van der Waals surface area contributed by atoms with Gasteiger partial charge in [-0.3, -0.25) is 0 Å². The third-order valence-corrected chi connectivity index (χ3v) is 4.34. The van der Waals surface area contributed by atoms with Crippen LogP contribution in [0.4, 0.5) is 5.82 Å². The van der Waals surface area contributed by atoms with Crippen LogP contribution in [-0.2, 0) is 6.54 Å². The second-order valence-corrected chi connectivity index (χ2v) is 6.64. The molecule has 1 aliphatic carbocycles. The molecule has 1 aromatic heterocycles. The summed E-state index contributed by atoms with van der Waals surface area (Å²) in [6, 6.07) is 10.8. The minimum atomic E-state index is 0.450. The molecular formula is C17H23N3. The van der Waals surface area contributed by atoms with Gasteiger partial charge in [0, 0.05) is 18.0 Å². The van der Waals surface area contributed by atoms with Crippen LogP contribution in [0.1, 0.15) is 38.7 Å². The maximum Gasteiger partial charge on any atom is 0.127 e. The van der Waals surface area contributed by atoms with Crippen molar-refractivity contribution < 1.29 is 0 Å². The Labute approximate surface area is 120 Å². The van der Waals surface area contributed by atoms with Gasteiger partial charge in [0.25, 0.3) is 0 Å². The summed E-state index contributed by atoms with van der Waals surface area (Å²) in [6.07, 6.45) is 3.71. The second kappa shape index (κ2) is 5.06. The molecule has 1 heterocycles. The zero-order valence-electron chi connectivity index (χ0n) is 12.3. The molecule has 0 bridgehead atoms. The van der Waals surface area contributed by atoms with E-state index in [9.17, 15) is 0 Å². The molecule has 3 N–H and O–H groups in total. The summed E-state index contributed by atoms with van der Waals surface area (Å²) in [5.74, 6) is 0.965. The van der Waals surface area contributed by atoms with Crippen molar-refractivity contribution in [3.05, 3.63) is 35.9 Å². The average molecular weight is 269 g/mol. The highest BCUT2D eigenvalue weighted by atomic mass is 15.0. The number of nitrogens with two attached hydrogens (primary N) is 1. The highest BCUT2D eigenvalue weighted by molar-refractivity contribution is 5.84. The van der Waals surface area contributed by atoms with Gasteiger partial charge in [0.15, 0.2) is 0 Å². The lowest BCUT2D eigenvalue weighted by Gasteiger charge is -2.19. The number of hydrogen-bond acceptors (Lipinski definition) is 3. The minimum absolute atomic E-state index is 0.450. The zero-order valence-corrected chi connectivity index (χ0v) is 12.3. The predicted octanol–water partition coefficient (Wildman–Crippen LogP) is 3.68. The lowest BCUT2D eigenvalue weighted by molar-refractivity contribution is 0.378. The number of fused-ring (bicyclic) bond motifs is 1. The third kappa shape index (κ3) is 2.63. The number of para-hydroxylation sites is 1. The third-order valence-electron chi connectivity index (χ3n) is 4.34. The van der Waals surface area contributed by atoms with E-state index >= 15 is 0 Å². The van der Waals surface area contributed by atoms with Crippen molar-refractivity contribution in [2.45, 2.75) is 45.7 Å². The number of rotatable bonds is 3. The molecule has 3 heteroatoms. The van der Waals surface area contributed by atoms with E-state index in [1.807, 2.05) is 12.1 Å². The Morgan fingerprint density at radius 2 is 2.15 bits per heavy atom. The van der Waals surface area contributed by atoms with Gasteiger partial charge in [-0.25, -0.2) is 4.98 Å². The minimum Gasteiger partial charge on any atom is -0.367 e. The van der Waals surface area contributed by atoms with Crippen LogP contribution < -0.4 is 11.1 Å². The van der Waals surface area contributed by atoms with Gasteiger partial charge in [0.2, 0.25) is 0 Å². The van der Waals surface area contributed by atoms with Crippen LogP contribution in [0.2, 0.25) is 0 Å². The lowest BCUT2D eigenvalue weighted by Crippen LogP contribution is -2.18. The van der Waals surface area contributed by atoms with E-state index < -0.39 is 0 Å². The Morgan fingerprint density at radius 3 is 2.85 bits per heavy atom. The summed E-state index contributed by atoms with van der Waals surface area (Å²) in [5.41, 5.74) is 8.52. The Hall–Kier alpha value is -1.61. The molecule has 1 aromatic carbocycles. The van der Waals surface area contributed by atoms with Gasteiger partial charge >= 0.3 is 0 Å². The molecule has 1 aliphatic rings.